The van der Waals surface area contributed by atoms with Crippen molar-refractivity contribution in [3.8, 4) is 0 Å². The molecule has 0 aliphatic carbocycles. The number of hydrogen-bond donors (Lipinski definition) is 1. The van der Waals surface area contributed by atoms with Crippen molar-refractivity contribution in [3.63, 3.8) is 0 Å². The maximum atomic E-state index is 13.2. The first kappa shape index (κ1) is 11.4. The molecule has 1 atom stereocenters. The summed E-state index contributed by atoms with van der Waals surface area (Å²) >= 11 is 0. The Morgan fingerprint density at radius 1 is 1.50 bits per heavy atom. The van der Waals surface area contributed by atoms with Gasteiger partial charge in [0.1, 0.15) is 5.82 Å². The normalized spacial score (nSPS) is 23.8. The molecule has 0 saturated carbocycles. The fourth-order valence-electron chi connectivity index (χ4n) is 2.61. The van der Waals surface area contributed by atoms with E-state index < -0.39 is 0 Å². The Hall–Kier alpha value is -1.09. The smallest absolute Gasteiger partial charge is 0.125 e. The molecule has 2 rings (SSSR count). The van der Waals surface area contributed by atoms with E-state index in [2.05, 4.69) is 18.7 Å². The second-order valence-corrected chi connectivity index (χ2v) is 5.16. The second-order valence-electron chi connectivity index (χ2n) is 5.16. The van der Waals surface area contributed by atoms with Crippen molar-refractivity contribution in [3.05, 3.63) is 30.1 Å². The quantitative estimate of drug-likeness (QED) is 0.832. The van der Waals surface area contributed by atoms with Crippen LogP contribution in [0.2, 0.25) is 0 Å². The van der Waals surface area contributed by atoms with Crippen LogP contribution >= 0.6 is 0 Å². The van der Waals surface area contributed by atoms with Crippen LogP contribution in [0.3, 0.4) is 0 Å². The third-order valence-electron chi connectivity index (χ3n) is 3.34. The second kappa shape index (κ2) is 4.06. The van der Waals surface area contributed by atoms with Gasteiger partial charge in [-0.25, -0.2) is 4.39 Å². The van der Waals surface area contributed by atoms with Crippen LogP contribution < -0.4 is 4.90 Å². The number of rotatable bonds is 2. The molecule has 16 heavy (non-hydrogen) atoms. The van der Waals surface area contributed by atoms with Crippen molar-refractivity contribution < 1.29 is 9.50 Å². The zero-order valence-corrected chi connectivity index (χ0v) is 9.78. The van der Waals surface area contributed by atoms with Crippen molar-refractivity contribution >= 4 is 5.69 Å². The lowest BCUT2D eigenvalue weighted by molar-refractivity contribution is 0.232. The van der Waals surface area contributed by atoms with Crippen LogP contribution in [0.1, 0.15) is 20.3 Å². The van der Waals surface area contributed by atoms with E-state index in [1.54, 1.807) is 12.1 Å². The van der Waals surface area contributed by atoms with Crippen LogP contribution in [0, 0.1) is 11.7 Å². The van der Waals surface area contributed by atoms with Crippen molar-refractivity contribution in [1.29, 1.82) is 0 Å². The molecule has 2 nitrogen and oxygen atoms in total. The fraction of sp³-hybridized carbons (Fsp3) is 0.538. The number of aliphatic hydroxyl groups is 1. The van der Waals surface area contributed by atoms with Gasteiger partial charge in [0.15, 0.2) is 0 Å². The zero-order chi connectivity index (χ0) is 11.8. The molecule has 0 aromatic heterocycles. The minimum absolute atomic E-state index is 0.0127. The number of benzene rings is 1. The summed E-state index contributed by atoms with van der Waals surface area (Å²) in [4.78, 5) is 2.18. The summed E-state index contributed by atoms with van der Waals surface area (Å²) in [7, 11) is 0. The predicted molar refractivity (Wildman–Crippen MR) is 63.0 cm³/mol. The molecule has 1 aromatic rings. The first-order valence-corrected chi connectivity index (χ1v) is 5.67. The molecule has 1 fully saturated rings. The van der Waals surface area contributed by atoms with Crippen LogP contribution in [0.4, 0.5) is 10.1 Å². The topological polar surface area (TPSA) is 23.5 Å². The summed E-state index contributed by atoms with van der Waals surface area (Å²) in [5.41, 5.74) is 0.891. The molecular formula is C13H18FNO. The summed E-state index contributed by atoms with van der Waals surface area (Å²) < 4.78 is 13.2. The Morgan fingerprint density at radius 2 is 2.25 bits per heavy atom. The van der Waals surface area contributed by atoms with Gasteiger partial charge in [-0.1, -0.05) is 6.07 Å². The Balaban J connectivity index is 2.27. The number of aliphatic hydroxyl groups excluding tert-OH is 1. The Kier molecular flexibility index (Phi) is 2.89. The third kappa shape index (κ3) is 2.05. The lowest BCUT2D eigenvalue weighted by Gasteiger charge is -2.33. The molecule has 1 aliphatic rings. The summed E-state index contributed by atoms with van der Waals surface area (Å²) in [6.45, 7) is 5.27. The van der Waals surface area contributed by atoms with Crippen LogP contribution in [0.25, 0.3) is 0 Å². The van der Waals surface area contributed by atoms with Gasteiger partial charge >= 0.3 is 0 Å². The highest BCUT2D eigenvalue weighted by Crippen LogP contribution is 2.36. The van der Waals surface area contributed by atoms with E-state index in [9.17, 15) is 9.50 Å². The SMILES string of the molecule is CC1(C)CC(CO)CN1c1cccc(F)c1. The molecule has 1 aliphatic heterocycles. The summed E-state index contributed by atoms with van der Waals surface area (Å²) in [5.74, 6) is 0.0824. The molecule has 1 heterocycles. The molecule has 0 radical (unpaired) electrons. The van der Waals surface area contributed by atoms with Gasteiger partial charge in [-0.05, 0) is 38.5 Å². The van der Waals surface area contributed by atoms with Crippen molar-refractivity contribution in [2.24, 2.45) is 5.92 Å². The molecule has 3 heteroatoms. The van der Waals surface area contributed by atoms with Gasteiger partial charge < -0.3 is 10.0 Å². The van der Waals surface area contributed by atoms with Crippen LogP contribution in [0.5, 0.6) is 0 Å². The van der Waals surface area contributed by atoms with E-state index in [1.165, 1.54) is 6.07 Å². The number of anilines is 1. The average molecular weight is 223 g/mol. The van der Waals surface area contributed by atoms with Crippen LogP contribution in [-0.4, -0.2) is 23.8 Å². The van der Waals surface area contributed by atoms with Crippen molar-refractivity contribution in [1.82, 2.24) is 0 Å². The number of nitrogens with zero attached hydrogens (tertiary/aromatic N) is 1. The van der Waals surface area contributed by atoms with Gasteiger partial charge in [-0.15, -0.1) is 0 Å². The van der Waals surface area contributed by atoms with Gasteiger partial charge in [0.2, 0.25) is 0 Å². The first-order valence-electron chi connectivity index (χ1n) is 5.67. The molecule has 0 bridgehead atoms. The molecule has 1 unspecified atom stereocenters. The van der Waals surface area contributed by atoms with Gasteiger partial charge in [0.25, 0.3) is 0 Å². The van der Waals surface area contributed by atoms with Crippen molar-refractivity contribution in [2.75, 3.05) is 18.1 Å². The van der Waals surface area contributed by atoms with Crippen LogP contribution in [0.15, 0.2) is 24.3 Å². The van der Waals surface area contributed by atoms with E-state index in [-0.39, 0.29) is 18.0 Å². The predicted octanol–water partition coefficient (Wildman–Crippen LogP) is 2.42. The minimum atomic E-state index is -0.208. The summed E-state index contributed by atoms with van der Waals surface area (Å²) in [6, 6.07) is 6.66. The highest BCUT2D eigenvalue weighted by atomic mass is 19.1. The Bertz CT molecular complexity index is 378. The summed E-state index contributed by atoms with van der Waals surface area (Å²) in [6.07, 6.45) is 0.944. The van der Waals surface area contributed by atoms with Gasteiger partial charge in [-0.3, -0.25) is 0 Å². The molecule has 88 valence electrons. The average Bonchev–Trinajstić information content (AvgIpc) is 2.53. The van der Waals surface area contributed by atoms with Gasteiger partial charge in [0, 0.05) is 30.3 Å². The lowest BCUT2D eigenvalue weighted by Crippen LogP contribution is -2.38. The molecular weight excluding hydrogens is 205 g/mol. The maximum absolute atomic E-state index is 13.2. The van der Waals surface area contributed by atoms with Crippen LogP contribution in [-0.2, 0) is 0 Å². The first-order chi connectivity index (χ1) is 7.53. The zero-order valence-electron chi connectivity index (χ0n) is 9.78. The molecule has 0 spiro atoms. The highest BCUT2D eigenvalue weighted by molar-refractivity contribution is 5.50. The molecule has 0 amide bonds. The van der Waals surface area contributed by atoms with E-state index in [0.717, 1.165) is 18.7 Å². The number of hydrogen-bond acceptors (Lipinski definition) is 2. The van der Waals surface area contributed by atoms with E-state index in [0.29, 0.717) is 5.92 Å². The number of halogens is 1. The monoisotopic (exact) mass is 223 g/mol. The Labute approximate surface area is 95.7 Å². The Morgan fingerprint density at radius 3 is 2.81 bits per heavy atom. The molecule has 1 saturated heterocycles. The van der Waals surface area contributed by atoms with E-state index in [1.807, 2.05) is 6.07 Å². The fourth-order valence-corrected chi connectivity index (χ4v) is 2.61. The minimum Gasteiger partial charge on any atom is -0.396 e. The van der Waals surface area contributed by atoms with E-state index in [4.69, 9.17) is 0 Å². The van der Waals surface area contributed by atoms with Gasteiger partial charge in [-0.2, -0.15) is 0 Å². The molecule has 1 aromatic carbocycles. The van der Waals surface area contributed by atoms with Gasteiger partial charge in [0.05, 0.1) is 0 Å². The maximum Gasteiger partial charge on any atom is 0.125 e. The highest BCUT2D eigenvalue weighted by Gasteiger charge is 2.37. The summed E-state index contributed by atoms with van der Waals surface area (Å²) in [5, 5.41) is 9.22. The third-order valence-corrected chi connectivity index (χ3v) is 3.34. The van der Waals surface area contributed by atoms with Crippen molar-refractivity contribution in [2.45, 2.75) is 25.8 Å². The largest absolute Gasteiger partial charge is 0.396 e. The standard InChI is InChI=1S/C13H18FNO/c1-13(2)7-10(9-16)8-15(13)12-5-3-4-11(14)6-12/h3-6,10,16H,7-9H2,1-2H3. The molecule has 1 N–H and O–H groups in total. The lowest BCUT2D eigenvalue weighted by atomic mass is 9.97. The van der Waals surface area contributed by atoms with E-state index >= 15 is 0 Å².